The van der Waals surface area contributed by atoms with Gasteiger partial charge in [0.05, 0.1) is 17.4 Å². The number of carbonyl (C=O) groups excluding carboxylic acids is 2. The number of aliphatic hydroxyl groups is 1. The first-order valence-electron chi connectivity index (χ1n) is 12.5. The molecule has 0 aromatic heterocycles. The number of hydrogen-bond donors (Lipinski definition) is 5. The van der Waals surface area contributed by atoms with E-state index in [1.54, 1.807) is 42.5 Å². The van der Waals surface area contributed by atoms with E-state index in [1.807, 2.05) is 12.1 Å². The molecule has 2 amide bonds. The van der Waals surface area contributed by atoms with Gasteiger partial charge in [-0.05, 0) is 79.6 Å². The van der Waals surface area contributed by atoms with Gasteiger partial charge in [-0.1, -0.05) is 0 Å². The largest absolute Gasteiger partial charge is 0.404 e. The number of piperidine rings is 1. The molecule has 6 N–H and O–H groups in total. The van der Waals surface area contributed by atoms with Gasteiger partial charge in [0.25, 0.3) is 11.8 Å². The number of nitrogens with one attached hydrogen (secondary N) is 3. The number of benzene rings is 3. The van der Waals surface area contributed by atoms with Crippen LogP contribution < -0.4 is 26.6 Å². The number of carbonyl (C=O) groups is 2. The molecule has 1 aliphatic rings. The number of nitrogens with two attached hydrogens (primary N) is 1. The van der Waals surface area contributed by atoms with Crippen LogP contribution in [-0.4, -0.2) is 49.4 Å². The number of amides is 2. The Hall–Kier alpha value is -4.70. The minimum Gasteiger partial charge on any atom is -0.404 e. The van der Waals surface area contributed by atoms with Crippen molar-refractivity contribution < 1.29 is 19.1 Å². The Kier molecular flexibility index (Phi) is 8.90. The van der Waals surface area contributed by atoms with E-state index in [9.17, 15) is 19.1 Å². The van der Waals surface area contributed by atoms with Crippen molar-refractivity contribution in [2.45, 2.75) is 18.9 Å². The van der Waals surface area contributed by atoms with Gasteiger partial charge in [0.2, 0.25) is 0 Å². The molecule has 3 aromatic carbocycles. The lowest BCUT2D eigenvalue weighted by molar-refractivity contribution is -0.112. The zero-order valence-electron chi connectivity index (χ0n) is 21.5. The van der Waals surface area contributed by atoms with Crippen molar-refractivity contribution in [1.29, 1.82) is 0 Å². The highest BCUT2D eigenvalue weighted by atomic mass is 19.1. The molecule has 9 nitrogen and oxygen atoms in total. The number of hydrogen-bond acceptors (Lipinski definition) is 7. The molecular weight excluding hydrogens is 499 g/mol. The van der Waals surface area contributed by atoms with Crippen molar-refractivity contribution in [2.24, 2.45) is 10.7 Å². The van der Waals surface area contributed by atoms with Crippen LogP contribution in [0, 0.1) is 5.82 Å². The van der Waals surface area contributed by atoms with Crippen LogP contribution in [0.4, 0.5) is 32.8 Å². The zero-order valence-corrected chi connectivity index (χ0v) is 21.5. The van der Waals surface area contributed by atoms with Crippen LogP contribution in [-0.2, 0) is 4.79 Å². The third-order valence-corrected chi connectivity index (χ3v) is 6.32. The summed E-state index contributed by atoms with van der Waals surface area (Å²) < 4.78 is 14.7. The van der Waals surface area contributed by atoms with Gasteiger partial charge < -0.3 is 31.7 Å². The molecule has 1 saturated heterocycles. The molecular formula is C29H31FN6O3. The van der Waals surface area contributed by atoms with Crippen molar-refractivity contribution in [3.05, 3.63) is 89.9 Å². The summed E-state index contributed by atoms with van der Waals surface area (Å²) in [5.74, 6) is -1.30. The van der Waals surface area contributed by atoms with E-state index in [2.05, 4.69) is 25.8 Å². The molecule has 0 spiro atoms. The lowest BCUT2D eigenvalue weighted by Crippen LogP contribution is -2.35. The molecule has 39 heavy (non-hydrogen) atoms. The molecule has 0 unspecified atom stereocenters. The van der Waals surface area contributed by atoms with Gasteiger partial charge >= 0.3 is 0 Å². The third kappa shape index (κ3) is 7.20. The standard InChI is InChI=1S/C29H31FN6O3/c1-32-18-20(17-31)29(39)35-23-8-11-27(26(30)16-23)33-21-4-6-22(7-5-21)34-28(38)19-2-9-24(10-3-19)36-14-12-25(37)13-15-36/h2-11,16-18,25,33,37H,12-15,31H2,1H3,(H,34,38)(H,35,39). The van der Waals surface area contributed by atoms with Crippen molar-refractivity contribution >= 4 is 46.5 Å². The molecule has 1 fully saturated rings. The SMILES string of the molecule is CN=CC(=CN)C(=O)Nc1ccc(Nc2ccc(NC(=O)c3ccc(N4CCC(O)CC4)cc3)cc2)c(F)c1. The van der Waals surface area contributed by atoms with Crippen LogP contribution in [0.25, 0.3) is 0 Å². The van der Waals surface area contributed by atoms with E-state index in [4.69, 9.17) is 5.73 Å². The van der Waals surface area contributed by atoms with Crippen molar-refractivity contribution in [2.75, 3.05) is 41.0 Å². The fourth-order valence-electron chi connectivity index (χ4n) is 4.16. The first-order chi connectivity index (χ1) is 18.9. The molecule has 0 bridgehead atoms. The Bertz CT molecular complexity index is 1360. The maximum absolute atomic E-state index is 14.7. The summed E-state index contributed by atoms with van der Waals surface area (Å²) in [6.45, 7) is 1.58. The zero-order chi connectivity index (χ0) is 27.8. The Balaban J connectivity index is 1.33. The summed E-state index contributed by atoms with van der Waals surface area (Å²) in [4.78, 5) is 30.8. The van der Waals surface area contributed by atoms with Crippen LogP contribution >= 0.6 is 0 Å². The Morgan fingerprint density at radius 1 is 0.974 bits per heavy atom. The van der Waals surface area contributed by atoms with Gasteiger partial charge in [0, 0.05) is 60.9 Å². The molecule has 1 heterocycles. The first kappa shape index (κ1) is 27.3. The highest BCUT2D eigenvalue weighted by molar-refractivity contribution is 6.17. The lowest BCUT2D eigenvalue weighted by Gasteiger charge is -2.31. The second-order valence-electron chi connectivity index (χ2n) is 9.08. The van der Waals surface area contributed by atoms with Gasteiger partial charge in [-0.25, -0.2) is 4.39 Å². The number of rotatable bonds is 8. The predicted octanol–water partition coefficient (Wildman–Crippen LogP) is 4.26. The molecule has 202 valence electrons. The molecule has 0 saturated carbocycles. The van der Waals surface area contributed by atoms with Crippen LogP contribution in [0.1, 0.15) is 23.2 Å². The number of anilines is 5. The molecule has 3 aromatic rings. The minimum absolute atomic E-state index is 0.156. The van der Waals surface area contributed by atoms with Crippen molar-refractivity contribution in [3.63, 3.8) is 0 Å². The third-order valence-electron chi connectivity index (χ3n) is 6.32. The lowest BCUT2D eigenvalue weighted by atomic mass is 10.1. The highest BCUT2D eigenvalue weighted by Gasteiger charge is 2.17. The normalized spacial score (nSPS) is 14.3. The topological polar surface area (TPSA) is 132 Å². The second-order valence-corrected chi connectivity index (χ2v) is 9.08. The molecule has 0 aliphatic carbocycles. The highest BCUT2D eigenvalue weighted by Crippen LogP contribution is 2.25. The van der Waals surface area contributed by atoms with Crippen LogP contribution in [0.5, 0.6) is 0 Å². The fourth-order valence-corrected chi connectivity index (χ4v) is 4.16. The molecule has 0 atom stereocenters. The van der Waals surface area contributed by atoms with E-state index in [0.29, 0.717) is 16.9 Å². The van der Waals surface area contributed by atoms with E-state index in [1.165, 1.54) is 25.4 Å². The van der Waals surface area contributed by atoms with Gasteiger partial charge in [-0.2, -0.15) is 0 Å². The summed E-state index contributed by atoms with van der Waals surface area (Å²) >= 11 is 0. The predicted molar refractivity (Wildman–Crippen MR) is 153 cm³/mol. The first-order valence-corrected chi connectivity index (χ1v) is 12.5. The van der Waals surface area contributed by atoms with Gasteiger partial charge in [-0.15, -0.1) is 0 Å². The maximum atomic E-state index is 14.7. The summed E-state index contributed by atoms with van der Waals surface area (Å²) in [6, 6.07) is 18.6. The van der Waals surface area contributed by atoms with Gasteiger partial charge in [-0.3, -0.25) is 14.6 Å². The van der Waals surface area contributed by atoms with Crippen molar-refractivity contribution in [3.8, 4) is 0 Å². The van der Waals surface area contributed by atoms with Gasteiger partial charge in [0.15, 0.2) is 0 Å². The summed E-state index contributed by atoms with van der Waals surface area (Å²) in [7, 11) is 1.51. The number of halogens is 1. The molecule has 4 rings (SSSR count). The average molecular weight is 531 g/mol. The van der Waals surface area contributed by atoms with Crippen molar-refractivity contribution in [1.82, 2.24) is 0 Å². The summed E-state index contributed by atoms with van der Waals surface area (Å²) in [6.07, 6.45) is 3.69. The quantitative estimate of drug-likeness (QED) is 0.218. The van der Waals surface area contributed by atoms with E-state index in [-0.39, 0.29) is 29.0 Å². The van der Waals surface area contributed by atoms with Crippen LogP contribution in [0.15, 0.2) is 83.5 Å². The van der Waals surface area contributed by atoms with Gasteiger partial charge in [0.1, 0.15) is 5.82 Å². The average Bonchev–Trinajstić information content (AvgIpc) is 2.94. The van der Waals surface area contributed by atoms with Crippen LogP contribution in [0.3, 0.4) is 0 Å². The monoisotopic (exact) mass is 530 g/mol. The van der Waals surface area contributed by atoms with E-state index in [0.717, 1.165) is 37.8 Å². The Labute approximate surface area is 226 Å². The smallest absolute Gasteiger partial charge is 0.258 e. The minimum atomic E-state index is -0.559. The summed E-state index contributed by atoms with van der Waals surface area (Å²) in [5.41, 5.74) is 8.84. The van der Waals surface area contributed by atoms with E-state index < -0.39 is 11.7 Å². The number of aliphatic hydroxyl groups excluding tert-OH is 1. The van der Waals surface area contributed by atoms with E-state index >= 15 is 0 Å². The summed E-state index contributed by atoms with van der Waals surface area (Å²) in [5, 5.41) is 18.1. The number of nitrogens with zero attached hydrogens (tertiary/aromatic N) is 2. The Morgan fingerprint density at radius 2 is 1.62 bits per heavy atom. The maximum Gasteiger partial charge on any atom is 0.258 e. The molecule has 10 heteroatoms. The molecule has 1 aliphatic heterocycles. The fraction of sp³-hybridized carbons (Fsp3) is 0.207. The second kappa shape index (κ2) is 12.7. The number of aliphatic imine (C=N–C) groups is 1. The Morgan fingerprint density at radius 3 is 2.23 bits per heavy atom. The molecule has 0 radical (unpaired) electrons. The van der Waals surface area contributed by atoms with Crippen LogP contribution in [0.2, 0.25) is 0 Å².